The molecule has 0 amide bonds. The summed E-state index contributed by atoms with van der Waals surface area (Å²) in [6.45, 7) is 12.2. The average molecular weight is 387 g/mol. The normalized spacial score (nSPS) is 35.6. The molecule has 0 aromatic rings. The summed E-state index contributed by atoms with van der Waals surface area (Å²) in [6.07, 6.45) is 1.68. The molecule has 0 bridgehead atoms. The van der Waals surface area contributed by atoms with Crippen LogP contribution in [0.5, 0.6) is 0 Å². The predicted molar refractivity (Wildman–Crippen MR) is 102 cm³/mol. The van der Waals surface area contributed by atoms with Gasteiger partial charge in [0.25, 0.3) is 0 Å². The lowest BCUT2D eigenvalue weighted by Crippen LogP contribution is -2.47. The van der Waals surface area contributed by atoms with Gasteiger partial charge in [-0.2, -0.15) is 0 Å². The van der Waals surface area contributed by atoms with E-state index in [-0.39, 0.29) is 12.5 Å². The summed E-state index contributed by atoms with van der Waals surface area (Å²) in [5.41, 5.74) is -0.495. The van der Waals surface area contributed by atoms with Crippen molar-refractivity contribution < 1.29 is 28.8 Å². The quantitative estimate of drug-likeness (QED) is 0.706. The number of esters is 1. The van der Waals surface area contributed by atoms with E-state index in [9.17, 15) is 9.90 Å². The van der Waals surface area contributed by atoms with Gasteiger partial charge in [-0.05, 0) is 39.0 Å². The van der Waals surface area contributed by atoms with E-state index in [1.54, 1.807) is 0 Å². The van der Waals surface area contributed by atoms with Gasteiger partial charge in [-0.3, -0.25) is 0 Å². The van der Waals surface area contributed by atoms with Gasteiger partial charge in [-0.15, -0.1) is 0 Å². The fourth-order valence-electron chi connectivity index (χ4n) is 4.54. The molecule has 2 aliphatic rings. The fraction of sp³-hybridized carbons (Fsp3) is 0.952. The first-order valence-electron chi connectivity index (χ1n) is 10.2. The van der Waals surface area contributed by atoms with Crippen LogP contribution in [-0.4, -0.2) is 54.5 Å². The molecule has 6 atom stereocenters. The van der Waals surface area contributed by atoms with Gasteiger partial charge in [0.2, 0.25) is 0 Å². The molecular formula is C21H38O6. The second kappa shape index (κ2) is 8.76. The standard InChI is InChI=1S/C21H38O6/c1-13(2)15-9-8-14(3)11-21(15)26-16(18(12-22)27-21)10-17(19(23)24-7)25-20(4,5)6/h13-18,22H,8-12H2,1-7H3/t14-,15+,16+,17-,18-,21+/m1/s1. The van der Waals surface area contributed by atoms with Crippen molar-refractivity contribution in [2.75, 3.05) is 13.7 Å². The lowest BCUT2D eigenvalue weighted by atomic mass is 9.73. The van der Waals surface area contributed by atoms with E-state index in [2.05, 4.69) is 20.8 Å². The van der Waals surface area contributed by atoms with Crippen molar-refractivity contribution in [1.29, 1.82) is 0 Å². The van der Waals surface area contributed by atoms with Crippen molar-refractivity contribution in [1.82, 2.24) is 0 Å². The second-order valence-electron chi connectivity index (χ2n) is 9.52. The van der Waals surface area contributed by atoms with Gasteiger partial charge in [0, 0.05) is 18.8 Å². The van der Waals surface area contributed by atoms with Crippen molar-refractivity contribution in [2.24, 2.45) is 17.8 Å². The van der Waals surface area contributed by atoms with Crippen LogP contribution in [0.4, 0.5) is 0 Å². The van der Waals surface area contributed by atoms with Crippen LogP contribution < -0.4 is 0 Å². The smallest absolute Gasteiger partial charge is 0.335 e. The summed E-state index contributed by atoms with van der Waals surface area (Å²) in [4.78, 5) is 12.3. The molecule has 1 saturated carbocycles. The Labute approximate surface area is 163 Å². The SMILES string of the molecule is COC(=O)[C@@H](C[C@@H]1O[C@@]2(C[C@H](C)CC[C@H]2C(C)C)O[C@@H]1CO)OC(C)(C)C. The number of methoxy groups -OCH3 is 1. The number of aliphatic hydroxyl groups is 1. The Morgan fingerprint density at radius 3 is 2.37 bits per heavy atom. The number of carbonyl (C=O) groups excluding carboxylic acids is 1. The van der Waals surface area contributed by atoms with E-state index in [1.807, 2.05) is 20.8 Å². The van der Waals surface area contributed by atoms with Crippen LogP contribution in [0.2, 0.25) is 0 Å². The number of hydrogen-bond donors (Lipinski definition) is 1. The van der Waals surface area contributed by atoms with Crippen LogP contribution in [0.15, 0.2) is 0 Å². The highest BCUT2D eigenvalue weighted by Crippen LogP contribution is 2.49. The van der Waals surface area contributed by atoms with E-state index in [0.29, 0.717) is 18.3 Å². The zero-order chi connectivity index (χ0) is 20.4. The van der Waals surface area contributed by atoms with E-state index in [0.717, 1.165) is 19.3 Å². The molecule has 1 heterocycles. The first kappa shape index (κ1) is 22.6. The molecule has 6 nitrogen and oxygen atoms in total. The third kappa shape index (κ3) is 5.43. The number of ether oxygens (including phenoxy) is 4. The maximum Gasteiger partial charge on any atom is 0.335 e. The van der Waals surface area contributed by atoms with Gasteiger partial charge in [-0.1, -0.05) is 27.2 Å². The van der Waals surface area contributed by atoms with Gasteiger partial charge in [0.05, 0.1) is 25.4 Å². The lowest BCUT2D eigenvalue weighted by Gasteiger charge is -2.44. The summed E-state index contributed by atoms with van der Waals surface area (Å²) < 4.78 is 23.7. The molecule has 1 spiro atoms. The maximum absolute atomic E-state index is 12.3. The highest BCUT2D eigenvalue weighted by molar-refractivity contribution is 5.74. The summed E-state index contributed by atoms with van der Waals surface area (Å²) >= 11 is 0. The van der Waals surface area contributed by atoms with E-state index < -0.39 is 35.7 Å². The first-order chi connectivity index (χ1) is 12.5. The molecule has 2 rings (SSSR count). The fourth-order valence-corrected chi connectivity index (χ4v) is 4.54. The number of hydrogen-bond acceptors (Lipinski definition) is 6. The third-order valence-electron chi connectivity index (χ3n) is 5.68. The molecule has 1 N–H and O–H groups in total. The Morgan fingerprint density at radius 2 is 1.85 bits per heavy atom. The van der Waals surface area contributed by atoms with Gasteiger partial charge in [-0.25, -0.2) is 4.79 Å². The minimum Gasteiger partial charge on any atom is -0.467 e. The van der Waals surface area contributed by atoms with Crippen molar-refractivity contribution in [3.63, 3.8) is 0 Å². The Bertz CT molecular complexity index is 499. The van der Waals surface area contributed by atoms with Crippen LogP contribution in [0, 0.1) is 17.8 Å². The molecule has 0 radical (unpaired) electrons. The van der Waals surface area contributed by atoms with Gasteiger partial charge in [0.15, 0.2) is 11.9 Å². The predicted octanol–water partition coefficient (Wildman–Crippen LogP) is 3.30. The number of aliphatic hydroxyl groups excluding tert-OH is 1. The molecule has 1 saturated heterocycles. The molecular weight excluding hydrogens is 348 g/mol. The molecule has 2 fully saturated rings. The Kier molecular flexibility index (Phi) is 7.34. The Morgan fingerprint density at radius 1 is 1.22 bits per heavy atom. The average Bonchev–Trinajstić information content (AvgIpc) is 2.89. The summed E-state index contributed by atoms with van der Waals surface area (Å²) in [6, 6.07) is 0. The largest absolute Gasteiger partial charge is 0.467 e. The van der Waals surface area contributed by atoms with Crippen LogP contribution in [0.3, 0.4) is 0 Å². The van der Waals surface area contributed by atoms with Crippen molar-refractivity contribution in [3.05, 3.63) is 0 Å². The zero-order valence-corrected chi connectivity index (χ0v) is 18.0. The highest BCUT2D eigenvalue weighted by atomic mass is 16.8. The highest BCUT2D eigenvalue weighted by Gasteiger charge is 2.55. The summed E-state index contributed by atoms with van der Waals surface area (Å²) in [7, 11) is 1.36. The van der Waals surface area contributed by atoms with E-state index >= 15 is 0 Å². The van der Waals surface area contributed by atoms with Gasteiger partial charge < -0.3 is 24.1 Å². The molecule has 27 heavy (non-hydrogen) atoms. The maximum atomic E-state index is 12.3. The number of rotatable bonds is 6. The second-order valence-corrected chi connectivity index (χ2v) is 9.52. The molecule has 1 aliphatic heterocycles. The molecule has 0 aromatic carbocycles. The monoisotopic (exact) mass is 386 g/mol. The summed E-state index contributed by atoms with van der Waals surface area (Å²) in [5.74, 6) is 0.0707. The lowest BCUT2D eigenvalue weighted by molar-refractivity contribution is -0.247. The molecule has 1 aliphatic carbocycles. The van der Waals surface area contributed by atoms with Gasteiger partial charge in [0.1, 0.15) is 6.10 Å². The minimum atomic E-state index is -0.758. The van der Waals surface area contributed by atoms with Crippen LogP contribution in [0.1, 0.15) is 67.2 Å². The van der Waals surface area contributed by atoms with E-state index in [4.69, 9.17) is 18.9 Å². The Balaban J connectivity index is 2.21. The summed E-state index contributed by atoms with van der Waals surface area (Å²) in [5, 5.41) is 9.92. The minimum absolute atomic E-state index is 0.144. The zero-order valence-electron chi connectivity index (χ0n) is 18.0. The molecule has 6 heteroatoms. The Hall–Kier alpha value is -0.690. The molecule has 0 unspecified atom stereocenters. The van der Waals surface area contributed by atoms with Gasteiger partial charge >= 0.3 is 5.97 Å². The molecule has 0 aromatic heterocycles. The topological polar surface area (TPSA) is 74.2 Å². The third-order valence-corrected chi connectivity index (χ3v) is 5.68. The van der Waals surface area contributed by atoms with Crippen LogP contribution in [0.25, 0.3) is 0 Å². The van der Waals surface area contributed by atoms with Crippen molar-refractivity contribution >= 4 is 5.97 Å². The van der Waals surface area contributed by atoms with Crippen molar-refractivity contribution in [2.45, 2.75) is 96.9 Å². The van der Waals surface area contributed by atoms with Crippen LogP contribution in [-0.2, 0) is 23.7 Å². The molecule has 158 valence electrons. The van der Waals surface area contributed by atoms with Crippen molar-refractivity contribution in [3.8, 4) is 0 Å². The first-order valence-corrected chi connectivity index (χ1v) is 10.2. The number of carbonyl (C=O) groups is 1. The van der Waals surface area contributed by atoms with Crippen LogP contribution >= 0.6 is 0 Å². The van der Waals surface area contributed by atoms with E-state index in [1.165, 1.54) is 7.11 Å².